The lowest BCUT2D eigenvalue weighted by atomic mass is 10.1. The zero-order valence-corrected chi connectivity index (χ0v) is 10.2. The third-order valence-electron chi connectivity index (χ3n) is 2.91. The molecule has 0 atom stereocenters. The third-order valence-corrected chi connectivity index (χ3v) is 2.91. The molecule has 1 aromatic heterocycles. The maximum absolute atomic E-state index is 11.9. The summed E-state index contributed by atoms with van der Waals surface area (Å²) in [5, 5.41) is 0. The molecule has 0 saturated carbocycles. The minimum atomic E-state index is 0.143. The molecule has 0 fully saturated rings. The van der Waals surface area contributed by atoms with Gasteiger partial charge in [-0.2, -0.15) is 0 Å². The molecule has 0 amide bonds. The topological polar surface area (TPSA) is 39.2 Å². The number of hydrogen-bond donors (Lipinski definition) is 0. The Kier molecular flexibility index (Phi) is 3.57. The summed E-state index contributed by atoms with van der Waals surface area (Å²) in [4.78, 5) is 16.3. The van der Waals surface area contributed by atoms with E-state index in [9.17, 15) is 4.79 Å². The van der Waals surface area contributed by atoms with Crippen molar-refractivity contribution in [3.05, 3.63) is 35.7 Å². The lowest BCUT2D eigenvalue weighted by molar-refractivity contribution is 0.0976. The van der Waals surface area contributed by atoms with Crippen LogP contribution in [0.4, 0.5) is 0 Å². The van der Waals surface area contributed by atoms with Gasteiger partial charge < -0.3 is 4.74 Å². The molecule has 0 aliphatic heterocycles. The fourth-order valence-electron chi connectivity index (χ4n) is 2.13. The molecule has 17 heavy (non-hydrogen) atoms. The van der Waals surface area contributed by atoms with Crippen LogP contribution in [0.5, 0.6) is 5.75 Å². The molecule has 0 aromatic carbocycles. The van der Waals surface area contributed by atoms with E-state index in [2.05, 4.69) is 11.6 Å². The Bertz CT molecular complexity index is 452. The van der Waals surface area contributed by atoms with Gasteiger partial charge in [0.2, 0.25) is 0 Å². The Morgan fingerprint density at radius 1 is 1.47 bits per heavy atom. The molecular weight excluding hydrogens is 214 g/mol. The highest BCUT2D eigenvalue weighted by molar-refractivity contribution is 5.96. The minimum absolute atomic E-state index is 0.143. The van der Waals surface area contributed by atoms with E-state index in [4.69, 9.17) is 4.74 Å². The first-order valence-corrected chi connectivity index (χ1v) is 6.00. The van der Waals surface area contributed by atoms with Gasteiger partial charge in [-0.15, -0.1) is 0 Å². The maximum atomic E-state index is 11.9. The van der Waals surface area contributed by atoms with E-state index < -0.39 is 0 Å². The lowest BCUT2D eigenvalue weighted by Gasteiger charge is -2.12. The van der Waals surface area contributed by atoms with Gasteiger partial charge >= 0.3 is 0 Å². The van der Waals surface area contributed by atoms with E-state index in [0.717, 1.165) is 36.3 Å². The molecule has 3 nitrogen and oxygen atoms in total. The van der Waals surface area contributed by atoms with E-state index >= 15 is 0 Å². The van der Waals surface area contributed by atoms with Crippen LogP contribution in [0.15, 0.2) is 18.7 Å². The Labute approximate surface area is 102 Å². The van der Waals surface area contributed by atoms with Gasteiger partial charge in [-0.1, -0.05) is 12.7 Å². The molecule has 0 bridgehead atoms. The van der Waals surface area contributed by atoms with E-state index in [1.54, 1.807) is 6.08 Å². The molecule has 1 aliphatic rings. The summed E-state index contributed by atoms with van der Waals surface area (Å²) in [5.41, 5.74) is 2.42. The zero-order chi connectivity index (χ0) is 12.3. The van der Waals surface area contributed by atoms with Gasteiger partial charge in [0.25, 0.3) is 0 Å². The Balaban J connectivity index is 2.45. The number of hydrogen-bond acceptors (Lipinski definition) is 3. The number of pyridine rings is 1. The van der Waals surface area contributed by atoms with Crippen molar-refractivity contribution in [2.45, 2.75) is 32.6 Å². The summed E-state index contributed by atoms with van der Waals surface area (Å²) in [7, 11) is 0. The van der Waals surface area contributed by atoms with Crippen molar-refractivity contribution < 1.29 is 9.53 Å². The maximum Gasteiger partial charge on any atom is 0.181 e. The molecule has 90 valence electrons. The van der Waals surface area contributed by atoms with Gasteiger partial charge in [0, 0.05) is 23.7 Å². The number of Topliss-reactive ketones (excluding diaryl/α,β-unsaturated/α-hetero) is 1. The predicted octanol–water partition coefficient (Wildman–Crippen LogP) is 2.86. The van der Waals surface area contributed by atoms with Gasteiger partial charge in [0.05, 0.1) is 0 Å². The molecule has 0 spiro atoms. The van der Waals surface area contributed by atoms with Crippen LogP contribution in [0, 0.1) is 6.92 Å². The van der Waals surface area contributed by atoms with Crippen LogP contribution in [0.2, 0.25) is 0 Å². The predicted molar refractivity (Wildman–Crippen MR) is 66.6 cm³/mol. The van der Waals surface area contributed by atoms with Crippen LogP contribution >= 0.6 is 0 Å². The number of ether oxygens (including phenoxy) is 1. The van der Waals surface area contributed by atoms with Gasteiger partial charge in [-0.05, 0) is 26.2 Å². The second-order valence-corrected chi connectivity index (χ2v) is 4.32. The zero-order valence-electron chi connectivity index (χ0n) is 10.2. The van der Waals surface area contributed by atoms with Crippen molar-refractivity contribution in [2.75, 3.05) is 6.61 Å². The highest BCUT2D eigenvalue weighted by atomic mass is 16.5. The van der Waals surface area contributed by atoms with Gasteiger partial charge in [-0.3, -0.25) is 4.79 Å². The molecule has 0 unspecified atom stereocenters. The van der Waals surface area contributed by atoms with Crippen molar-refractivity contribution in [3.8, 4) is 5.75 Å². The number of rotatable bonds is 3. The number of aromatic nitrogens is 1. The smallest absolute Gasteiger partial charge is 0.181 e. The van der Waals surface area contributed by atoms with Gasteiger partial charge in [0.1, 0.15) is 18.1 Å². The Hall–Kier alpha value is -1.64. The summed E-state index contributed by atoms with van der Waals surface area (Å²) in [6.07, 6.45) is 5.15. The van der Waals surface area contributed by atoms with Crippen LogP contribution < -0.4 is 4.74 Å². The molecular formula is C14H17NO2. The summed E-state index contributed by atoms with van der Waals surface area (Å²) in [6, 6.07) is 1.90. The van der Waals surface area contributed by atoms with Crippen LogP contribution in [0.3, 0.4) is 0 Å². The standard InChI is InChI=1S/C14H17NO2/c1-3-8-17-13-9-10(2)15-14-11(13)6-4-5-7-12(14)16/h3,9H,1,4-8H2,2H3. The Morgan fingerprint density at radius 3 is 3.00 bits per heavy atom. The van der Waals surface area contributed by atoms with Crippen LogP contribution in [-0.4, -0.2) is 17.4 Å². The summed E-state index contributed by atoms with van der Waals surface area (Å²) < 4.78 is 5.63. The second-order valence-electron chi connectivity index (χ2n) is 4.32. The second kappa shape index (κ2) is 5.13. The van der Waals surface area contributed by atoms with Crippen molar-refractivity contribution in [1.82, 2.24) is 4.98 Å². The minimum Gasteiger partial charge on any atom is -0.489 e. The molecule has 0 saturated heterocycles. The van der Waals surface area contributed by atoms with Crippen molar-refractivity contribution in [2.24, 2.45) is 0 Å². The van der Waals surface area contributed by atoms with E-state index in [-0.39, 0.29) is 5.78 Å². The molecule has 0 N–H and O–H groups in total. The van der Waals surface area contributed by atoms with E-state index in [1.165, 1.54) is 0 Å². The van der Waals surface area contributed by atoms with Crippen molar-refractivity contribution >= 4 is 5.78 Å². The molecule has 0 radical (unpaired) electrons. The van der Waals surface area contributed by atoms with Crippen LogP contribution in [0.25, 0.3) is 0 Å². The van der Waals surface area contributed by atoms with E-state index in [1.807, 2.05) is 13.0 Å². The molecule has 3 heteroatoms. The number of fused-ring (bicyclic) bond motifs is 1. The van der Waals surface area contributed by atoms with Gasteiger partial charge in [0.15, 0.2) is 5.78 Å². The average molecular weight is 231 g/mol. The molecule has 2 rings (SSSR count). The first-order chi connectivity index (χ1) is 8.22. The SMILES string of the molecule is C=CCOc1cc(C)nc2c1CCCCC2=O. The number of nitrogens with zero attached hydrogens (tertiary/aromatic N) is 1. The summed E-state index contributed by atoms with van der Waals surface area (Å²) in [5.74, 6) is 0.937. The fraction of sp³-hybridized carbons (Fsp3) is 0.429. The first kappa shape index (κ1) is 11.8. The highest BCUT2D eigenvalue weighted by Gasteiger charge is 2.21. The molecule has 1 aromatic rings. The number of carbonyl (C=O) groups excluding carboxylic acids is 1. The monoisotopic (exact) mass is 231 g/mol. The summed E-state index contributed by atoms with van der Waals surface area (Å²) >= 11 is 0. The van der Waals surface area contributed by atoms with Crippen molar-refractivity contribution in [3.63, 3.8) is 0 Å². The third kappa shape index (κ3) is 2.54. The first-order valence-electron chi connectivity index (χ1n) is 6.00. The number of ketones is 1. The summed E-state index contributed by atoms with van der Waals surface area (Å²) in [6.45, 7) is 5.99. The molecule has 1 aliphatic carbocycles. The fourth-order valence-corrected chi connectivity index (χ4v) is 2.13. The quantitative estimate of drug-likeness (QED) is 0.593. The number of carbonyl (C=O) groups is 1. The number of aryl methyl sites for hydroxylation is 1. The van der Waals surface area contributed by atoms with Crippen LogP contribution in [0.1, 0.15) is 41.0 Å². The van der Waals surface area contributed by atoms with Crippen LogP contribution in [-0.2, 0) is 6.42 Å². The highest BCUT2D eigenvalue weighted by Crippen LogP contribution is 2.28. The lowest BCUT2D eigenvalue weighted by Crippen LogP contribution is -2.08. The molecule has 1 heterocycles. The van der Waals surface area contributed by atoms with E-state index in [0.29, 0.717) is 18.7 Å². The average Bonchev–Trinajstić information content (AvgIpc) is 2.49. The Morgan fingerprint density at radius 2 is 2.24 bits per heavy atom. The van der Waals surface area contributed by atoms with Gasteiger partial charge in [-0.25, -0.2) is 4.98 Å². The largest absolute Gasteiger partial charge is 0.489 e. The van der Waals surface area contributed by atoms with Crippen molar-refractivity contribution in [1.29, 1.82) is 0 Å². The normalized spacial score (nSPS) is 15.0.